The van der Waals surface area contributed by atoms with Crippen molar-refractivity contribution in [3.63, 3.8) is 0 Å². The van der Waals surface area contributed by atoms with Crippen LogP contribution in [0.15, 0.2) is 0 Å². The third kappa shape index (κ3) is 2.08. The van der Waals surface area contributed by atoms with Crippen LogP contribution in [0.2, 0.25) is 0 Å². The predicted molar refractivity (Wildman–Crippen MR) is 58.8 cm³/mol. The fraction of sp³-hybridized carbons (Fsp3) is 0.917. The van der Waals surface area contributed by atoms with E-state index in [4.69, 9.17) is 4.74 Å². The van der Waals surface area contributed by atoms with Crippen molar-refractivity contribution in [3.05, 3.63) is 0 Å². The monoisotopic (exact) mass is 211 g/mol. The minimum atomic E-state index is -0.217. The van der Waals surface area contributed by atoms with Crippen LogP contribution >= 0.6 is 0 Å². The number of hydrogen-bond donors (Lipinski definition) is 1. The van der Waals surface area contributed by atoms with Crippen LogP contribution < -0.4 is 5.32 Å². The van der Waals surface area contributed by atoms with Crippen LogP contribution in [0, 0.1) is 5.92 Å². The van der Waals surface area contributed by atoms with Crippen molar-refractivity contribution in [3.8, 4) is 0 Å². The average Bonchev–Trinajstić information content (AvgIpc) is 2.79. The van der Waals surface area contributed by atoms with Gasteiger partial charge >= 0.3 is 0 Å². The van der Waals surface area contributed by atoms with Crippen molar-refractivity contribution in [2.75, 3.05) is 19.8 Å². The summed E-state index contributed by atoms with van der Waals surface area (Å²) in [6, 6.07) is 0. The second-order valence-electron chi connectivity index (χ2n) is 4.74. The van der Waals surface area contributed by atoms with E-state index in [0.29, 0.717) is 12.4 Å². The fourth-order valence-electron chi connectivity index (χ4n) is 2.83. The molecule has 2 saturated heterocycles. The van der Waals surface area contributed by atoms with Gasteiger partial charge in [0, 0.05) is 12.5 Å². The molecule has 2 rings (SSSR count). The molecule has 2 fully saturated rings. The summed E-state index contributed by atoms with van der Waals surface area (Å²) in [6.07, 6.45) is 5.12. The van der Waals surface area contributed by atoms with Crippen LogP contribution in [-0.2, 0) is 9.53 Å². The van der Waals surface area contributed by atoms with Crippen molar-refractivity contribution in [1.82, 2.24) is 5.32 Å². The van der Waals surface area contributed by atoms with Crippen molar-refractivity contribution >= 4 is 5.78 Å². The molecule has 2 unspecified atom stereocenters. The number of rotatable bonds is 3. The maximum absolute atomic E-state index is 12.4. The summed E-state index contributed by atoms with van der Waals surface area (Å²) in [7, 11) is 0. The number of ether oxygens (including phenoxy) is 1. The van der Waals surface area contributed by atoms with Gasteiger partial charge in [-0.25, -0.2) is 0 Å². The predicted octanol–water partition coefficient (Wildman–Crippen LogP) is 1.51. The molecular formula is C12H21NO2. The highest BCUT2D eigenvalue weighted by molar-refractivity contribution is 5.91. The Morgan fingerprint density at radius 2 is 2.40 bits per heavy atom. The Morgan fingerprint density at radius 1 is 1.53 bits per heavy atom. The van der Waals surface area contributed by atoms with Crippen molar-refractivity contribution in [2.24, 2.45) is 5.92 Å². The highest BCUT2D eigenvalue weighted by atomic mass is 16.5. The quantitative estimate of drug-likeness (QED) is 0.769. The van der Waals surface area contributed by atoms with Crippen molar-refractivity contribution in [2.45, 2.75) is 44.6 Å². The van der Waals surface area contributed by atoms with E-state index in [1.54, 1.807) is 0 Å². The molecule has 15 heavy (non-hydrogen) atoms. The van der Waals surface area contributed by atoms with Crippen LogP contribution in [0.5, 0.6) is 0 Å². The standard InChI is InChI=1S/C12H21NO2/c1-2-12(6-4-7-13-12)11(14)10-5-3-8-15-9-10/h10,13H,2-9H2,1H3. The molecule has 0 aromatic carbocycles. The zero-order valence-corrected chi connectivity index (χ0v) is 9.55. The average molecular weight is 211 g/mol. The van der Waals surface area contributed by atoms with Crippen molar-refractivity contribution < 1.29 is 9.53 Å². The molecule has 86 valence electrons. The summed E-state index contributed by atoms with van der Waals surface area (Å²) < 4.78 is 5.40. The minimum Gasteiger partial charge on any atom is -0.381 e. The SMILES string of the molecule is CCC1(C(=O)C2CCCOC2)CCCN1. The van der Waals surface area contributed by atoms with Gasteiger partial charge in [-0.2, -0.15) is 0 Å². The highest BCUT2D eigenvalue weighted by Crippen LogP contribution is 2.29. The number of carbonyl (C=O) groups excluding carboxylic acids is 1. The normalized spacial score (nSPS) is 36.7. The minimum absolute atomic E-state index is 0.143. The molecule has 1 N–H and O–H groups in total. The molecule has 3 nitrogen and oxygen atoms in total. The van der Waals surface area contributed by atoms with E-state index in [-0.39, 0.29) is 11.5 Å². The zero-order valence-electron chi connectivity index (χ0n) is 9.55. The lowest BCUT2D eigenvalue weighted by atomic mass is 9.80. The summed E-state index contributed by atoms with van der Waals surface area (Å²) in [5, 5.41) is 3.41. The van der Waals surface area contributed by atoms with E-state index in [1.165, 1.54) is 0 Å². The van der Waals surface area contributed by atoms with Gasteiger partial charge in [-0.05, 0) is 38.6 Å². The van der Waals surface area contributed by atoms with Gasteiger partial charge in [0.25, 0.3) is 0 Å². The third-order valence-electron chi connectivity index (χ3n) is 3.85. The maximum Gasteiger partial charge on any atom is 0.158 e. The molecule has 0 bridgehead atoms. The topological polar surface area (TPSA) is 38.3 Å². The Kier molecular flexibility index (Phi) is 3.42. The van der Waals surface area contributed by atoms with E-state index in [9.17, 15) is 4.79 Å². The first-order valence-corrected chi connectivity index (χ1v) is 6.15. The van der Waals surface area contributed by atoms with E-state index >= 15 is 0 Å². The first kappa shape index (κ1) is 11.1. The lowest BCUT2D eigenvalue weighted by Gasteiger charge is -2.32. The third-order valence-corrected chi connectivity index (χ3v) is 3.85. The van der Waals surface area contributed by atoms with Gasteiger partial charge in [0.15, 0.2) is 5.78 Å². The highest BCUT2D eigenvalue weighted by Gasteiger charge is 2.42. The van der Waals surface area contributed by atoms with Crippen LogP contribution in [-0.4, -0.2) is 31.1 Å². The first-order valence-electron chi connectivity index (χ1n) is 6.15. The maximum atomic E-state index is 12.4. The van der Waals surface area contributed by atoms with E-state index in [1.807, 2.05) is 0 Å². The summed E-state index contributed by atoms with van der Waals surface area (Å²) in [5.74, 6) is 0.548. The summed E-state index contributed by atoms with van der Waals surface area (Å²) in [6.45, 7) is 4.58. The number of ketones is 1. The number of hydrogen-bond acceptors (Lipinski definition) is 3. The second-order valence-corrected chi connectivity index (χ2v) is 4.74. The molecule has 3 heteroatoms. The van der Waals surface area contributed by atoms with Gasteiger partial charge in [0.2, 0.25) is 0 Å². The fourth-order valence-corrected chi connectivity index (χ4v) is 2.83. The van der Waals surface area contributed by atoms with Gasteiger partial charge in [0.1, 0.15) is 0 Å². The Labute approximate surface area is 91.6 Å². The molecule has 0 radical (unpaired) electrons. The number of nitrogens with one attached hydrogen (secondary N) is 1. The molecule has 2 atom stereocenters. The zero-order chi connectivity index (χ0) is 10.7. The van der Waals surface area contributed by atoms with Crippen LogP contribution in [0.4, 0.5) is 0 Å². The molecule has 0 amide bonds. The molecule has 2 aliphatic rings. The van der Waals surface area contributed by atoms with Gasteiger partial charge in [-0.15, -0.1) is 0 Å². The molecule has 0 spiro atoms. The smallest absolute Gasteiger partial charge is 0.158 e. The van der Waals surface area contributed by atoms with E-state index < -0.39 is 0 Å². The molecule has 2 aliphatic heterocycles. The Morgan fingerprint density at radius 3 is 2.93 bits per heavy atom. The Balaban J connectivity index is 2.03. The van der Waals surface area contributed by atoms with Gasteiger partial charge in [-0.1, -0.05) is 6.92 Å². The Bertz CT molecular complexity index is 228. The Hall–Kier alpha value is -0.410. The lowest BCUT2D eigenvalue weighted by Crippen LogP contribution is -2.51. The summed E-state index contributed by atoms with van der Waals surface area (Å²) in [5.41, 5.74) is -0.217. The lowest BCUT2D eigenvalue weighted by molar-refractivity contribution is -0.133. The summed E-state index contributed by atoms with van der Waals surface area (Å²) in [4.78, 5) is 12.4. The van der Waals surface area contributed by atoms with Crippen molar-refractivity contribution in [1.29, 1.82) is 0 Å². The second kappa shape index (κ2) is 4.62. The first-order chi connectivity index (χ1) is 7.28. The van der Waals surface area contributed by atoms with Gasteiger partial charge in [-0.3, -0.25) is 4.79 Å². The van der Waals surface area contributed by atoms with E-state index in [2.05, 4.69) is 12.2 Å². The summed E-state index contributed by atoms with van der Waals surface area (Å²) >= 11 is 0. The molecule has 0 aromatic heterocycles. The van der Waals surface area contributed by atoms with Crippen LogP contribution in [0.3, 0.4) is 0 Å². The van der Waals surface area contributed by atoms with E-state index in [0.717, 1.165) is 45.3 Å². The molecule has 0 aromatic rings. The largest absolute Gasteiger partial charge is 0.381 e. The molecule has 0 aliphatic carbocycles. The van der Waals surface area contributed by atoms with Crippen LogP contribution in [0.25, 0.3) is 0 Å². The number of carbonyl (C=O) groups is 1. The molecule has 0 saturated carbocycles. The molecule has 2 heterocycles. The number of Topliss-reactive ketones (excluding diaryl/α,β-unsaturated/α-hetero) is 1. The van der Waals surface area contributed by atoms with Gasteiger partial charge < -0.3 is 10.1 Å². The van der Waals surface area contributed by atoms with Gasteiger partial charge in [0.05, 0.1) is 12.1 Å². The van der Waals surface area contributed by atoms with Crippen LogP contribution in [0.1, 0.15) is 39.0 Å². The molecular weight excluding hydrogens is 190 g/mol.